The van der Waals surface area contributed by atoms with Crippen LogP contribution in [0.5, 0.6) is 5.75 Å². The van der Waals surface area contributed by atoms with Crippen molar-refractivity contribution >= 4 is 28.9 Å². The van der Waals surface area contributed by atoms with E-state index in [0.29, 0.717) is 17.9 Å². The number of primary amides is 1. The average molecular weight is 369 g/mol. The van der Waals surface area contributed by atoms with Crippen molar-refractivity contribution in [3.63, 3.8) is 0 Å². The molecule has 0 aliphatic rings. The van der Waals surface area contributed by atoms with Crippen LogP contribution in [0, 0.1) is 5.41 Å². The van der Waals surface area contributed by atoms with Crippen molar-refractivity contribution in [3.05, 3.63) is 29.8 Å². The number of carbonyl (C=O) groups excluding carboxylic acids is 2. The number of carbonyl (C=O) groups is 2. The quantitative estimate of drug-likeness (QED) is 0.235. The maximum absolute atomic E-state index is 11.8. The molecule has 138 valence electrons. The second-order valence-corrected chi connectivity index (χ2v) is 6.37. The molecular weight excluding hydrogens is 346 g/mol. The van der Waals surface area contributed by atoms with Gasteiger partial charge in [0.15, 0.2) is 0 Å². The zero-order chi connectivity index (χ0) is 18.8. The van der Waals surface area contributed by atoms with Crippen LogP contribution < -0.4 is 10.5 Å². The number of esters is 1. The summed E-state index contributed by atoms with van der Waals surface area (Å²) < 4.78 is 26.2. The van der Waals surface area contributed by atoms with E-state index in [1.54, 1.807) is 24.3 Å². The predicted octanol–water partition coefficient (Wildman–Crippen LogP) is 1.46. The summed E-state index contributed by atoms with van der Waals surface area (Å²) in [6.45, 7) is 1.71. The normalized spacial score (nSPS) is 12.0. The number of hydrogen-bond acceptors (Lipinski definition) is 5. The molecule has 25 heavy (non-hydrogen) atoms. The molecule has 1 amide bonds. The Balaban J connectivity index is 2.45. The van der Waals surface area contributed by atoms with E-state index in [1.165, 1.54) is 0 Å². The minimum Gasteiger partial charge on any atom is -0.427 e. The molecule has 0 aliphatic carbocycles. The van der Waals surface area contributed by atoms with Gasteiger partial charge in [-0.3, -0.25) is 14.1 Å². The van der Waals surface area contributed by atoms with Crippen molar-refractivity contribution in [1.29, 1.82) is 5.41 Å². The number of hydrogen-bond donors (Lipinski definition) is 3. The van der Waals surface area contributed by atoms with Crippen LogP contribution in [0.3, 0.4) is 0 Å². The van der Waals surface area contributed by atoms with Crippen LogP contribution in [0.25, 0.3) is 0 Å². The Morgan fingerprint density at radius 3 is 2.44 bits per heavy atom. The van der Waals surface area contributed by atoms with Gasteiger partial charge in [0.2, 0.25) is 17.2 Å². The van der Waals surface area contributed by atoms with Crippen molar-refractivity contribution < 1.29 is 23.1 Å². The van der Waals surface area contributed by atoms with E-state index in [0.717, 1.165) is 16.3 Å². The van der Waals surface area contributed by atoms with Gasteiger partial charge in [0.05, 0.1) is 6.54 Å². The van der Waals surface area contributed by atoms with Gasteiger partial charge in [-0.1, -0.05) is 13.3 Å². The maximum Gasteiger partial charge on any atom is 0.311 e. The molecule has 1 atom stereocenters. The second kappa shape index (κ2) is 10.7. The van der Waals surface area contributed by atoms with Crippen LogP contribution in [0.4, 0.5) is 0 Å². The number of nitrogens with zero attached hydrogens (tertiary/aromatic N) is 1. The molecule has 8 nitrogen and oxygen atoms in total. The summed E-state index contributed by atoms with van der Waals surface area (Å²) in [4.78, 5) is 22.6. The lowest BCUT2D eigenvalue weighted by molar-refractivity contribution is -0.134. The molecule has 0 saturated carbocycles. The Morgan fingerprint density at radius 2 is 1.92 bits per heavy atom. The van der Waals surface area contributed by atoms with Crippen LogP contribution >= 0.6 is 0 Å². The van der Waals surface area contributed by atoms with Crippen molar-refractivity contribution in [2.24, 2.45) is 5.73 Å². The smallest absolute Gasteiger partial charge is 0.311 e. The largest absolute Gasteiger partial charge is 0.427 e. The fraction of sp³-hybridized carbons (Fsp3) is 0.438. The highest BCUT2D eigenvalue weighted by Gasteiger charge is 2.15. The summed E-state index contributed by atoms with van der Waals surface area (Å²) in [5.41, 5.74) is 6.30. The first kappa shape index (κ1) is 20.9. The van der Waals surface area contributed by atoms with E-state index in [4.69, 9.17) is 20.4 Å². The minimum atomic E-state index is -2.33. The summed E-state index contributed by atoms with van der Waals surface area (Å²) in [6, 6.07) is 6.70. The Labute approximate surface area is 149 Å². The summed E-state index contributed by atoms with van der Waals surface area (Å²) in [7, 11) is 0. The molecule has 0 bridgehead atoms. The number of benzene rings is 1. The van der Waals surface area contributed by atoms with Gasteiger partial charge in [-0.2, -0.15) is 4.31 Å². The number of nitrogens with one attached hydrogen (secondary N) is 1. The highest BCUT2D eigenvalue weighted by Crippen LogP contribution is 2.15. The zero-order valence-corrected chi connectivity index (χ0v) is 14.9. The number of amides is 1. The Kier molecular flexibility index (Phi) is 8.96. The molecule has 0 heterocycles. The van der Waals surface area contributed by atoms with Gasteiger partial charge in [-0.25, -0.2) is 4.21 Å². The third-order valence-electron chi connectivity index (χ3n) is 3.28. The molecule has 0 radical (unpaired) electrons. The highest BCUT2D eigenvalue weighted by atomic mass is 32.2. The van der Waals surface area contributed by atoms with Gasteiger partial charge >= 0.3 is 5.97 Å². The van der Waals surface area contributed by atoms with Crippen molar-refractivity contribution in [2.75, 3.05) is 13.1 Å². The lowest BCUT2D eigenvalue weighted by atomic mass is 10.1. The lowest BCUT2D eigenvalue weighted by Crippen LogP contribution is -2.35. The first-order chi connectivity index (χ1) is 11.8. The standard InChI is InChI=1S/C16H23N3O5S/c1-2-4-14(17)12-6-8-13(9-7-12)24-16(21)5-3-10-19(25(22)23)11-15(18)20/h6-9,17H,2-5,10-11H2,1H3,(H2,18,20)(H,22,23). The second-order valence-electron chi connectivity index (χ2n) is 5.39. The maximum atomic E-state index is 11.8. The van der Waals surface area contributed by atoms with Crippen LogP contribution in [-0.4, -0.2) is 43.7 Å². The number of ether oxygens (including phenoxy) is 1. The monoisotopic (exact) mass is 369 g/mol. The minimum absolute atomic E-state index is 0.0276. The third kappa shape index (κ3) is 8.01. The van der Waals surface area contributed by atoms with Gasteiger partial charge in [-0.05, 0) is 42.7 Å². The van der Waals surface area contributed by atoms with Crippen molar-refractivity contribution in [1.82, 2.24) is 4.31 Å². The van der Waals surface area contributed by atoms with E-state index in [-0.39, 0.29) is 25.9 Å². The summed E-state index contributed by atoms with van der Waals surface area (Å²) >= 11 is -2.33. The van der Waals surface area contributed by atoms with Crippen LogP contribution in [0.15, 0.2) is 24.3 Å². The first-order valence-electron chi connectivity index (χ1n) is 7.86. The highest BCUT2D eigenvalue weighted by molar-refractivity contribution is 7.76. The van der Waals surface area contributed by atoms with E-state index in [1.807, 2.05) is 6.92 Å². The van der Waals surface area contributed by atoms with E-state index in [2.05, 4.69) is 0 Å². The lowest BCUT2D eigenvalue weighted by Gasteiger charge is -2.15. The molecule has 0 saturated heterocycles. The zero-order valence-electron chi connectivity index (χ0n) is 14.1. The van der Waals surface area contributed by atoms with E-state index >= 15 is 0 Å². The van der Waals surface area contributed by atoms with Gasteiger partial charge in [-0.15, -0.1) is 0 Å². The van der Waals surface area contributed by atoms with Gasteiger partial charge < -0.3 is 15.9 Å². The van der Waals surface area contributed by atoms with Gasteiger partial charge in [0.1, 0.15) is 5.75 Å². The molecule has 1 aromatic rings. The Morgan fingerprint density at radius 1 is 1.28 bits per heavy atom. The van der Waals surface area contributed by atoms with Crippen LogP contribution in [0.2, 0.25) is 0 Å². The summed E-state index contributed by atoms with van der Waals surface area (Å²) in [6.07, 6.45) is 1.85. The molecule has 0 aromatic heterocycles. The molecule has 0 aliphatic heterocycles. The van der Waals surface area contributed by atoms with Crippen molar-refractivity contribution in [3.8, 4) is 5.75 Å². The third-order valence-corrected chi connectivity index (χ3v) is 4.03. The molecule has 9 heteroatoms. The molecule has 0 fully saturated rings. The SMILES string of the molecule is CCCC(=N)c1ccc(OC(=O)CCCN(CC(N)=O)S(=O)O)cc1. The fourth-order valence-electron chi connectivity index (χ4n) is 2.09. The molecular formula is C16H23N3O5S. The predicted molar refractivity (Wildman–Crippen MR) is 94.6 cm³/mol. The van der Waals surface area contributed by atoms with E-state index < -0.39 is 23.1 Å². The van der Waals surface area contributed by atoms with Crippen molar-refractivity contribution in [2.45, 2.75) is 32.6 Å². The van der Waals surface area contributed by atoms with E-state index in [9.17, 15) is 13.8 Å². The molecule has 1 aromatic carbocycles. The molecule has 0 spiro atoms. The Hall–Kier alpha value is -2.10. The molecule has 1 unspecified atom stereocenters. The van der Waals surface area contributed by atoms with Gasteiger partial charge in [0, 0.05) is 18.7 Å². The molecule has 4 N–H and O–H groups in total. The number of nitrogens with two attached hydrogens (primary N) is 1. The first-order valence-corrected chi connectivity index (χ1v) is 8.92. The molecule has 1 rings (SSSR count). The average Bonchev–Trinajstić information content (AvgIpc) is 2.54. The topological polar surface area (TPSA) is 134 Å². The van der Waals surface area contributed by atoms with Crippen LogP contribution in [0.1, 0.15) is 38.2 Å². The Bertz CT molecular complexity index is 633. The summed E-state index contributed by atoms with van der Waals surface area (Å²) in [5.74, 6) is -0.837. The number of rotatable bonds is 11. The summed E-state index contributed by atoms with van der Waals surface area (Å²) in [5, 5.41) is 7.87. The van der Waals surface area contributed by atoms with Gasteiger partial charge in [0.25, 0.3) is 0 Å². The van der Waals surface area contributed by atoms with Crippen LogP contribution in [-0.2, 0) is 20.9 Å². The fourth-order valence-corrected chi connectivity index (χ4v) is 2.61.